The normalized spacial score (nSPS) is 33.8. The molecule has 0 bridgehead atoms. The van der Waals surface area contributed by atoms with E-state index in [-0.39, 0.29) is 6.61 Å². The predicted molar refractivity (Wildman–Crippen MR) is 61.0 cm³/mol. The average Bonchev–Trinajstić information content (AvgIpc) is 2.35. The number of esters is 3. The number of hydrogen-bond donors (Lipinski definition) is 0. The van der Waals surface area contributed by atoms with Crippen LogP contribution < -0.4 is 5.11 Å². The average molecular weight is 290 g/mol. The van der Waals surface area contributed by atoms with Gasteiger partial charge >= 0.3 is 17.9 Å². The van der Waals surface area contributed by atoms with Gasteiger partial charge in [-0.15, -0.1) is 0 Å². The highest BCUT2D eigenvalue weighted by Crippen LogP contribution is 2.24. The monoisotopic (exact) mass is 290 g/mol. The van der Waals surface area contributed by atoms with Crippen LogP contribution in [0.5, 0.6) is 0 Å². The van der Waals surface area contributed by atoms with E-state index in [2.05, 4.69) is 0 Å². The van der Waals surface area contributed by atoms with Gasteiger partial charge in [-0.25, -0.2) is 0 Å². The number of ether oxygens (including phenoxy) is 4. The Bertz CT molecular complexity index is 412. The fourth-order valence-corrected chi connectivity index (χ4v) is 1.74. The maximum absolute atomic E-state index is 11.7. The van der Waals surface area contributed by atoms with Crippen LogP contribution >= 0.6 is 0 Å². The molecular formula is C12H17O8-. The van der Waals surface area contributed by atoms with Gasteiger partial charge in [0.15, 0.2) is 6.10 Å². The molecule has 0 aromatic heterocycles. The zero-order valence-corrected chi connectivity index (χ0v) is 11.4. The summed E-state index contributed by atoms with van der Waals surface area (Å²) >= 11 is 0. The van der Waals surface area contributed by atoms with Crippen molar-refractivity contribution in [3.8, 4) is 0 Å². The second-order valence-corrected chi connectivity index (χ2v) is 4.19. The minimum Gasteiger partial charge on any atom is -0.831 e. The lowest BCUT2D eigenvalue weighted by molar-refractivity contribution is -0.513. The summed E-state index contributed by atoms with van der Waals surface area (Å²) in [7, 11) is 0. The van der Waals surface area contributed by atoms with Gasteiger partial charge in [-0.2, -0.15) is 0 Å². The summed E-state index contributed by atoms with van der Waals surface area (Å²) < 4.78 is 27.3. The van der Waals surface area contributed by atoms with Gasteiger partial charge in [0.2, 0.25) is 0 Å². The van der Waals surface area contributed by atoms with E-state index >= 15 is 0 Å². The molecule has 0 aromatic carbocycles. The molecular weight excluding hydrogens is 272 g/mol. The molecule has 1 aliphatic rings. The summed E-state index contributed by atoms with van der Waals surface area (Å²) in [4.78, 5) is 33.1. The van der Waals surface area contributed by atoms with Gasteiger partial charge in [-0.3, -0.25) is 14.4 Å². The summed E-state index contributed by atoms with van der Waals surface area (Å²) in [5.41, 5.74) is 0. The van der Waals surface area contributed by atoms with Crippen molar-refractivity contribution in [2.24, 2.45) is 0 Å². The molecule has 5 atom stereocenters. The van der Waals surface area contributed by atoms with Gasteiger partial charge in [-0.1, -0.05) is 0 Å². The second kappa shape index (κ2) is 7.20. The van der Waals surface area contributed by atoms with Crippen molar-refractivity contribution in [3.05, 3.63) is 0 Å². The van der Waals surface area contributed by atoms with Crippen LogP contribution in [0.2, 0.25) is 0 Å². The Morgan fingerprint density at radius 3 is 2.30 bits per heavy atom. The molecule has 0 aliphatic carbocycles. The SMILES string of the molecule is [2H][C@H]1[C@@H](OC(C)=O)[C@@H](OC(C)=O)[C@@H](COC(C)=O)O[C@H]1[O-]. The van der Waals surface area contributed by atoms with Crippen LogP contribution in [0.25, 0.3) is 0 Å². The molecule has 0 unspecified atom stereocenters. The molecule has 0 saturated carbocycles. The highest BCUT2D eigenvalue weighted by atomic mass is 16.7. The Kier molecular flexibility index (Phi) is 5.31. The summed E-state index contributed by atoms with van der Waals surface area (Å²) in [6.45, 7) is 3.04. The van der Waals surface area contributed by atoms with Gasteiger partial charge in [0.25, 0.3) is 0 Å². The smallest absolute Gasteiger partial charge is 0.303 e. The second-order valence-electron chi connectivity index (χ2n) is 4.19. The van der Waals surface area contributed by atoms with E-state index in [1.807, 2.05) is 0 Å². The van der Waals surface area contributed by atoms with Crippen LogP contribution in [-0.2, 0) is 33.3 Å². The van der Waals surface area contributed by atoms with Crippen molar-refractivity contribution in [2.75, 3.05) is 6.61 Å². The molecule has 0 radical (unpaired) electrons. The molecule has 0 amide bonds. The van der Waals surface area contributed by atoms with Gasteiger partial charge < -0.3 is 24.1 Å². The quantitative estimate of drug-likeness (QED) is 0.473. The first-order valence-electron chi connectivity index (χ1n) is 6.51. The Morgan fingerprint density at radius 2 is 1.80 bits per heavy atom. The van der Waals surface area contributed by atoms with E-state index in [1.165, 1.54) is 0 Å². The lowest BCUT2D eigenvalue weighted by Crippen LogP contribution is -2.56. The third-order valence-corrected chi connectivity index (χ3v) is 2.40. The molecule has 0 aromatic rings. The molecule has 114 valence electrons. The highest BCUT2D eigenvalue weighted by molar-refractivity contribution is 5.67. The van der Waals surface area contributed by atoms with Crippen molar-refractivity contribution in [2.45, 2.75) is 51.8 Å². The molecule has 1 rings (SSSR count). The number of carbonyl (C=O) groups is 3. The summed E-state index contributed by atoms with van der Waals surface area (Å²) in [6.07, 6.45) is -6.87. The van der Waals surface area contributed by atoms with E-state index in [4.69, 9.17) is 20.3 Å². The first-order chi connectivity index (χ1) is 9.72. The molecule has 20 heavy (non-hydrogen) atoms. The van der Waals surface area contributed by atoms with Crippen molar-refractivity contribution in [1.82, 2.24) is 0 Å². The Morgan fingerprint density at radius 1 is 1.20 bits per heavy atom. The fourth-order valence-electron chi connectivity index (χ4n) is 1.74. The van der Waals surface area contributed by atoms with E-state index in [9.17, 15) is 19.5 Å². The van der Waals surface area contributed by atoms with Gasteiger partial charge in [0.05, 0.1) is 0 Å². The van der Waals surface area contributed by atoms with Crippen LogP contribution in [-0.4, -0.2) is 49.1 Å². The third kappa shape index (κ3) is 5.14. The lowest BCUT2D eigenvalue weighted by Gasteiger charge is -2.42. The Balaban J connectivity index is 2.94. The molecule has 0 N–H and O–H groups in total. The summed E-state index contributed by atoms with van der Waals surface area (Å²) in [5.74, 6) is -2.04. The van der Waals surface area contributed by atoms with E-state index in [1.54, 1.807) is 0 Å². The molecule has 1 fully saturated rings. The van der Waals surface area contributed by atoms with Crippen molar-refractivity contribution in [3.63, 3.8) is 0 Å². The van der Waals surface area contributed by atoms with Gasteiger partial charge in [0, 0.05) is 22.1 Å². The standard InChI is InChI=1S/C12H17O8/c1-6(13)17-5-10-12(19-8(3)15)9(18-7(2)14)4-11(16)20-10/h9-12H,4-5H2,1-3H3/q-1/t9-,10-,11-,12-/m1/s1/i4D/t4-,9+,10+,11+,12+/m0. The number of carbonyl (C=O) groups excluding carboxylic acids is 3. The van der Waals surface area contributed by atoms with Gasteiger partial charge in [-0.05, 0) is 12.7 Å². The Labute approximate surface area is 117 Å². The third-order valence-electron chi connectivity index (χ3n) is 2.40. The van der Waals surface area contributed by atoms with Crippen LogP contribution in [0.4, 0.5) is 0 Å². The lowest BCUT2D eigenvalue weighted by atomic mass is 10.0. The summed E-state index contributed by atoms with van der Waals surface area (Å²) in [5, 5.41) is 11.7. The van der Waals surface area contributed by atoms with E-state index in [0.717, 1.165) is 20.8 Å². The first kappa shape index (κ1) is 14.7. The topological polar surface area (TPSA) is 111 Å². The highest BCUT2D eigenvalue weighted by Gasteiger charge is 2.40. The Hall–Kier alpha value is -1.67. The largest absolute Gasteiger partial charge is 0.831 e. The number of hydrogen-bond acceptors (Lipinski definition) is 8. The van der Waals surface area contributed by atoms with Crippen molar-refractivity contribution in [1.29, 1.82) is 0 Å². The van der Waals surface area contributed by atoms with Crippen LogP contribution in [0, 0.1) is 0 Å². The minimum atomic E-state index is -1.82. The van der Waals surface area contributed by atoms with Crippen LogP contribution in [0.1, 0.15) is 28.5 Å². The minimum absolute atomic E-state index is 0.351. The zero-order chi connectivity index (χ0) is 16.2. The fraction of sp³-hybridized carbons (Fsp3) is 0.750. The van der Waals surface area contributed by atoms with E-state index < -0.39 is 48.9 Å². The van der Waals surface area contributed by atoms with Crippen LogP contribution in [0.3, 0.4) is 0 Å². The van der Waals surface area contributed by atoms with Crippen LogP contribution in [0.15, 0.2) is 0 Å². The molecule has 8 heteroatoms. The summed E-state index contributed by atoms with van der Waals surface area (Å²) in [6, 6.07) is 0. The van der Waals surface area contributed by atoms with Gasteiger partial charge in [0.1, 0.15) is 18.8 Å². The number of rotatable bonds is 4. The first-order valence-corrected chi connectivity index (χ1v) is 5.93. The molecule has 1 aliphatic heterocycles. The zero-order valence-electron chi connectivity index (χ0n) is 12.4. The molecule has 1 heterocycles. The van der Waals surface area contributed by atoms with Crippen molar-refractivity contribution >= 4 is 17.9 Å². The molecule has 0 spiro atoms. The molecule has 8 nitrogen and oxygen atoms in total. The maximum Gasteiger partial charge on any atom is 0.303 e. The maximum atomic E-state index is 11.7. The molecule has 1 saturated heterocycles. The predicted octanol–water partition coefficient (Wildman–Crippen LogP) is -1.11. The van der Waals surface area contributed by atoms with Crippen molar-refractivity contribution < 1.29 is 39.8 Å². The van der Waals surface area contributed by atoms with E-state index in [0.29, 0.717) is 0 Å².